The quantitative estimate of drug-likeness (QED) is 0.00974. The first-order chi connectivity index (χ1) is 68.4. The van der Waals surface area contributed by atoms with Crippen molar-refractivity contribution in [2.24, 2.45) is 35.0 Å². The van der Waals surface area contributed by atoms with Gasteiger partial charge in [0.05, 0.1) is 123 Å². The number of carbonyl (C=O) groups is 9. The summed E-state index contributed by atoms with van der Waals surface area (Å²) in [6.45, 7) is 17.0. The molecule has 6 aromatic rings. The number of hydrogen-bond donors (Lipinski definition) is 9. The highest BCUT2D eigenvalue weighted by molar-refractivity contribution is 7.92. The fourth-order valence-electron chi connectivity index (χ4n) is 16.2. The molecule has 3 saturated heterocycles. The Morgan fingerprint density at radius 1 is 0.357 bits per heavy atom. The lowest BCUT2D eigenvalue weighted by molar-refractivity contribution is -0.142. The van der Waals surface area contributed by atoms with Gasteiger partial charge in [0, 0.05) is 134 Å². The molecule has 40 heteroatoms. The third-order valence-corrected chi connectivity index (χ3v) is 29.4. The summed E-state index contributed by atoms with van der Waals surface area (Å²) in [5.74, 6) is -7.36. The average molecular weight is 2050 g/mol. The molecule has 9 rings (SSSR count). The first-order valence-electron chi connectivity index (χ1n) is 48.8. The normalized spacial score (nSPS) is 15.7. The van der Waals surface area contributed by atoms with Gasteiger partial charge in [0.15, 0.2) is 29.5 Å². The van der Waals surface area contributed by atoms with Crippen LogP contribution in [0.4, 0.5) is 0 Å². The van der Waals surface area contributed by atoms with E-state index in [1.165, 1.54) is 109 Å². The van der Waals surface area contributed by atoms with E-state index in [-0.39, 0.29) is 157 Å². The van der Waals surface area contributed by atoms with Gasteiger partial charge in [0.1, 0.15) is 70.2 Å². The summed E-state index contributed by atoms with van der Waals surface area (Å²) >= 11 is 0. The Bertz CT molecular complexity index is 5420. The third-order valence-electron chi connectivity index (χ3n) is 23.9. The summed E-state index contributed by atoms with van der Waals surface area (Å²) in [4.78, 5) is 125. The SMILES string of the molecule is CCCOCC(C)OCCCC(=O)C[C@@H](CS(=O)(=O)c1ccc(OC)cc1)C(=O)N1CCC[C@H]1C(=O)NCc1ccc(C(=N)N)cc1.CCCOCCOCC(C)OCCCC(=O)C[C@@H](CS(=O)(=O)c1ccc(OC)cc1)C(=O)N1CCC[C@H]1C(=O)NCc1ccc(C(=N)N)cc1.CCCOCCOCCCC(=O)C[C@@H](CS(=O)(=O)c1ccc(OC)cc1)C(=O)N1CCC[C@H]1C(=O)NCc1ccc(C(=N)N)cc1. The maximum atomic E-state index is 14.0. The molecule has 6 amide bonds. The van der Waals surface area contributed by atoms with Crippen LogP contribution in [-0.4, -0.2) is 278 Å². The highest BCUT2D eigenvalue weighted by Crippen LogP contribution is 2.32. The molecule has 3 heterocycles. The molecule has 3 aliphatic heterocycles. The lowest BCUT2D eigenvalue weighted by Crippen LogP contribution is -2.49. The number of amides is 6. The van der Waals surface area contributed by atoms with Gasteiger partial charge in [0.2, 0.25) is 35.4 Å². The van der Waals surface area contributed by atoms with Crippen LogP contribution in [0.3, 0.4) is 0 Å². The number of carbonyl (C=O) groups excluding carboxylic acids is 9. The Kier molecular flexibility index (Phi) is 51.6. The number of sulfone groups is 3. The lowest BCUT2D eigenvalue weighted by atomic mass is 9.99. The molecule has 0 aliphatic carbocycles. The molecule has 0 radical (unpaired) electrons. The molecule has 6 aromatic carbocycles. The van der Waals surface area contributed by atoms with E-state index in [9.17, 15) is 68.4 Å². The van der Waals surface area contributed by atoms with E-state index in [4.69, 9.17) is 80.8 Å². The Morgan fingerprint density at radius 3 is 0.874 bits per heavy atom. The Morgan fingerprint density at radius 2 is 0.608 bits per heavy atom. The van der Waals surface area contributed by atoms with E-state index >= 15 is 0 Å². The predicted molar refractivity (Wildman–Crippen MR) is 540 cm³/mol. The van der Waals surface area contributed by atoms with E-state index in [1.807, 2.05) is 34.6 Å². The summed E-state index contributed by atoms with van der Waals surface area (Å²) in [6, 6.07) is 35.9. The van der Waals surface area contributed by atoms with E-state index in [1.54, 1.807) is 72.8 Å². The van der Waals surface area contributed by atoms with Crippen molar-refractivity contribution in [3.63, 3.8) is 0 Å². The van der Waals surface area contributed by atoms with Crippen molar-refractivity contribution in [1.29, 1.82) is 16.2 Å². The van der Waals surface area contributed by atoms with Crippen molar-refractivity contribution in [2.45, 2.75) is 215 Å². The van der Waals surface area contributed by atoms with Crippen molar-refractivity contribution in [2.75, 3.05) is 138 Å². The molecule has 37 nitrogen and oxygen atoms in total. The number of rotatable bonds is 63. The smallest absolute Gasteiger partial charge is 0.243 e. The zero-order valence-corrected chi connectivity index (χ0v) is 86.0. The fourth-order valence-corrected chi connectivity index (χ4v) is 20.8. The fraction of sp³-hybridized carbons (Fsp3) is 0.534. The van der Waals surface area contributed by atoms with Crippen molar-refractivity contribution >= 4 is 99.8 Å². The second-order valence-corrected chi connectivity index (χ2v) is 41.5. The van der Waals surface area contributed by atoms with Crippen LogP contribution < -0.4 is 47.4 Å². The maximum absolute atomic E-state index is 14.0. The first kappa shape index (κ1) is 118. The number of hydrogen-bond acceptors (Lipinski definition) is 28. The number of nitrogens with one attached hydrogen (secondary N) is 6. The predicted octanol–water partition coefficient (Wildman–Crippen LogP) is 9.37. The highest BCUT2D eigenvalue weighted by atomic mass is 32.2. The van der Waals surface area contributed by atoms with E-state index in [2.05, 4.69) is 16.0 Å². The van der Waals surface area contributed by atoms with Gasteiger partial charge in [-0.1, -0.05) is 93.6 Å². The molecule has 2 unspecified atom stereocenters. The summed E-state index contributed by atoms with van der Waals surface area (Å²) in [5, 5.41) is 31.2. The Balaban J connectivity index is 0.000000291. The summed E-state index contributed by atoms with van der Waals surface area (Å²) < 4.78 is 135. The second kappa shape index (κ2) is 62.3. The molecule has 786 valence electrons. The lowest BCUT2D eigenvalue weighted by Gasteiger charge is -2.28. The molecule has 0 bridgehead atoms. The molecule has 0 spiro atoms. The minimum Gasteiger partial charge on any atom is -0.497 e. The number of Topliss-reactive ketones (excluding diaryl/α,β-unsaturated/α-hetero) is 3. The van der Waals surface area contributed by atoms with Gasteiger partial charge < -0.3 is 95.2 Å². The summed E-state index contributed by atoms with van der Waals surface area (Å²) in [5.41, 5.74) is 20.6. The Hall–Kier alpha value is -11.5. The first-order valence-corrected chi connectivity index (χ1v) is 53.7. The summed E-state index contributed by atoms with van der Waals surface area (Å²) in [6.07, 6.45) is 6.25. The number of nitrogen functional groups attached to an aromatic ring is 3. The molecule has 143 heavy (non-hydrogen) atoms. The van der Waals surface area contributed by atoms with Crippen LogP contribution in [0, 0.1) is 34.0 Å². The zero-order chi connectivity index (χ0) is 104. The number of ether oxygens (including phenoxy) is 10. The van der Waals surface area contributed by atoms with E-state index in [0.717, 1.165) is 36.0 Å². The minimum absolute atomic E-state index is 0.0107. The van der Waals surface area contributed by atoms with Gasteiger partial charge in [-0.05, 0) is 180 Å². The zero-order valence-electron chi connectivity index (χ0n) is 83.6. The topological polar surface area (TPSA) is 544 Å². The summed E-state index contributed by atoms with van der Waals surface area (Å²) in [7, 11) is -7.48. The number of benzene rings is 6. The number of nitrogens with zero attached hydrogens (tertiary/aromatic N) is 3. The van der Waals surface area contributed by atoms with E-state index in [0.29, 0.717) is 171 Å². The second-order valence-electron chi connectivity index (χ2n) is 35.4. The van der Waals surface area contributed by atoms with Crippen LogP contribution in [0.25, 0.3) is 0 Å². The number of likely N-dealkylation sites (tertiary alicyclic amines) is 3. The largest absolute Gasteiger partial charge is 0.497 e. The number of amidine groups is 3. The maximum Gasteiger partial charge on any atom is 0.243 e. The number of methoxy groups -OCH3 is 3. The van der Waals surface area contributed by atoms with Gasteiger partial charge in [-0.3, -0.25) is 59.4 Å². The number of nitrogens with two attached hydrogens (primary N) is 3. The van der Waals surface area contributed by atoms with Crippen molar-refractivity contribution in [3.05, 3.63) is 179 Å². The highest BCUT2D eigenvalue weighted by Gasteiger charge is 2.44. The van der Waals surface area contributed by atoms with Gasteiger partial charge in [-0.15, -0.1) is 0 Å². The standard InChI is InChI=1S/C36H52N4O9S.C34H48N4O8S.C33H46N4O8S/c1-4-18-47-20-21-48-24-26(2)49-19-6-7-30(41)22-29(25-50(44,45)32-15-13-31(46-3)14-16-32)36(43)40-17-5-8-33(40)35(42)39-23-27-9-11-28(12-10-27)34(37)38;1-4-18-45-22-24(2)46-19-6-7-28(39)20-27(23-47(42,43)30-15-13-29(44-3)14-16-30)34(41)38-17-5-8-31(38)33(40)37-21-25-9-11-26(12-10-25)32(35)36;1-3-17-44-19-20-45-18-5-6-27(38)21-26(23-46(41,42)29-14-12-28(43-2)13-15-29)33(40)37-16-4-7-30(37)32(39)36-22-24-8-10-25(11-9-24)31(34)35/h9-16,26,29,33H,4-8,17-25H2,1-3H3,(H3,37,38)(H,39,42);9-16,24,27,31H,4-8,17-23H2,1-3H3,(H3,35,36)(H,37,40);8-15,26,30H,3-7,16-23H2,1-2H3,(H3,34,35)(H,36,39)/t26?,29-,33-;24?,27-,31-;26-,30-/m000/s1. The van der Waals surface area contributed by atoms with Crippen LogP contribution >= 0.6 is 0 Å². The molecule has 3 fully saturated rings. The van der Waals surface area contributed by atoms with Gasteiger partial charge in [-0.25, -0.2) is 25.3 Å². The monoisotopic (exact) mass is 2050 g/mol. The molecule has 0 aromatic heterocycles. The molecular formula is C103H146N12O25S3. The molecule has 8 atom stereocenters. The van der Waals surface area contributed by atoms with Crippen LogP contribution in [0.5, 0.6) is 17.2 Å². The third kappa shape index (κ3) is 40.9. The average Bonchev–Trinajstić information content (AvgIpc) is 1.79. The molecule has 12 N–H and O–H groups in total. The Labute approximate surface area is 841 Å². The van der Waals surface area contributed by atoms with Crippen molar-refractivity contribution in [1.82, 2.24) is 30.7 Å². The van der Waals surface area contributed by atoms with Crippen LogP contribution in [0.15, 0.2) is 160 Å². The van der Waals surface area contributed by atoms with Gasteiger partial charge in [-0.2, -0.15) is 0 Å². The van der Waals surface area contributed by atoms with Crippen LogP contribution in [-0.2, 0) is 125 Å². The number of ketones is 3. The minimum atomic E-state index is -3.98. The van der Waals surface area contributed by atoms with Crippen LogP contribution in [0.2, 0.25) is 0 Å². The van der Waals surface area contributed by atoms with Gasteiger partial charge >= 0.3 is 0 Å². The van der Waals surface area contributed by atoms with Crippen molar-refractivity contribution in [3.8, 4) is 17.2 Å². The molecule has 0 saturated carbocycles. The van der Waals surface area contributed by atoms with Crippen LogP contribution in [0.1, 0.15) is 184 Å². The van der Waals surface area contributed by atoms with Crippen molar-refractivity contribution < 1.29 is 116 Å². The molecular weight excluding hydrogens is 1900 g/mol. The van der Waals surface area contributed by atoms with E-state index < -0.39 is 100 Å². The molecule has 3 aliphatic rings. The van der Waals surface area contributed by atoms with Gasteiger partial charge in [0.25, 0.3) is 0 Å².